The van der Waals surface area contributed by atoms with E-state index in [4.69, 9.17) is 16.3 Å². The minimum Gasteiger partial charge on any atom is -0.497 e. The molecule has 0 saturated heterocycles. The molecule has 2 rings (SSSR count). The molecule has 0 saturated carbocycles. The van der Waals surface area contributed by atoms with Crippen LogP contribution in [0.3, 0.4) is 0 Å². The van der Waals surface area contributed by atoms with Gasteiger partial charge in [0, 0.05) is 5.02 Å². The summed E-state index contributed by atoms with van der Waals surface area (Å²) in [6, 6.07) is 15.3. The molecule has 0 aliphatic carbocycles. The summed E-state index contributed by atoms with van der Waals surface area (Å²) < 4.78 is 5.11. The highest BCUT2D eigenvalue weighted by molar-refractivity contribution is 6.31. The van der Waals surface area contributed by atoms with Gasteiger partial charge in [0.1, 0.15) is 5.75 Å². The van der Waals surface area contributed by atoms with Gasteiger partial charge in [0.25, 0.3) is 0 Å². The van der Waals surface area contributed by atoms with E-state index in [0.717, 1.165) is 17.7 Å². The second-order valence-electron chi connectivity index (χ2n) is 4.42. The number of hydrogen-bond donors (Lipinski definition) is 1. The number of hydrogen-bond acceptors (Lipinski definition) is 2. The average molecular weight is 277 g/mol. The zero-order valence-corrected chi connectivity index (χ0v) is 11.6. The lowest BCUT2D eigenvalue weighted by Crippen LogP contribution is -2.00. The molecule has 0 amide bonds. The van der Waals surface area contributed by atoms with Crippen LogP contribution >= 0.6 is 11.6 Å². The van der Waals surface area contributed by atoms with E-state index < -0.39 is 6.10 Å². The smallest absolute Gasteiger partial charge is 0.118 e. The quantitative estimate of drug-likeness (QED) is 0.894. The van der Waals surface area contributed by atoms with Crippen LogP contribution in [0.1, 0.15) is 23.7 Å². The van der Waals surface area contributed by atoms with Gasteiger partial charge in [-0.15, -0.1) is 0 Å². The molecule has 100 valence electrons. The SMILES string of the molecule is COc1ccc(CCC(O)c2ccccc2Cl)cc1. The molecule has 0 spiro atoms. The first-order valence-corrected chi connectivity index (χ1v) is 6.64. The highest BCUT2D eigenvalue weighted by atomic mass is 35.5. The van der Waals surface area contributed by atoms with Crippen LogP contribution in [0.25, 0.3) is 0 Å². The predicted molar refractivity (Wildman–Crippen MR) is 77.7 cm³/mol. The molecule has 0 bridgehead atoms. The van der Waals surface area contributed by atoms with Crippen molar-refractivity contribution in [2.24, 2.45) is 0 Å². The van der Waals surface area contributed by atoms with Crippen molar-refractivity contribution in [3.05, 3.63) is 64.7 Å². The van der Waals surface area contributed by atoms with E-state index in [2.05, 4.69) is 0 Å². The maximum atomic E-state index is 10.2. The first-order chi connectivity index (χ1) is 9.20. The van der Waals surface area contributed by atoms with Crippen LogP contribution in [0.2, 0.25) is 5.02 Å². The van der Waals surface area contributed by atoms with Crippen molar-refractivity contribution in [3.63, 3.8) is 0 Å². The Balaban J connectivity index is 1.96. The molecule has 0 radical (unpaired) electrons. The Morgan fingerprint density at radius 3 is 2.42 bits per heavy atom. The fourth-order valence-electron chi connectivity index (χ4n) is 2.00. The fourth-order valence-corrected chi connectivity index (χ4v) is 2.26. The average Bonchev–Trinajstić information content (AvgIpc) is 2.46. The molecule has 1 N–H and O–H groups in total. The number of halogens is 1. The second-order valence-corrected chi connectivity index (χ2v) is 4.83. The van der Waals surface area contributed by atoms with Crippen LogP contribution < -0.4 is 4.74 Å². The van der Waals surface area contributed by atoms with E-state index in [1.165, 1.54) is 5.56 Å². The summed E-state index contributed by atoms with van der Waals surface area (Å²) in [6.45, 7) is 0. The molecule has 0 aromatic heterocycles. The molecule has 1 unspecified atom stereocenters. The third-order valence-corrected chi connectivity index (χ3v) is 3.47. The highest BCUT2D eigenvalue weighted by Crippen LogP contribution is 2.26. The predicted octanol–water partition coefficient (Wildman–Crippen LogP) is 4.01. The van der Waals surface area contributed by atoms with Gasteiger partial charge >= 0.3 is 0 Å². The van der Waals surface area contributed by atoms with E-state index >= 15 is 0 Å². The minimum atomic E-state index is -0.532. The summed E-state index contributed by atoms with van der Waals surface area (Å²) in [7, 11) is 1.65. The standard InChI is InChI=1S/C16H17ClO2/c1-19-13-9-6-12(7-10-13)8-11-16(18)14-4-2-3-5-15(14)17/h2-7,9-10,16,18H,8,11H2,1H3. The molecule has 1 atom stereocenters. The number of aliphatic hydroxyl groups excluding tert-OH is 1. The molecule has 0 aliphatic rings. The number of methoxy groups -OCH3 is 1. The lowest BCUT2D eigenvalue weighted by Gasteiger charge is -2.12. The molecule has 2 nitrogen and oxygen atoms in total. The summed E-state index contributed by atoms with van der Waals surface area (Å²) in [5.74, 6) is 0.843. The molecule has 2 aromatic rings. The molecule has 0 aliphatic heterocycles. The summed E-state index contributed by atoms with van der Waals surface area (Å²) in [5.41, 5.74) is 1.96. The molecular formula is C16H17ClO2. The Bertz CT molecular complexity index is 523. The van der Waals surface area contributed by atoms with Crippen molar-refractivity contribution in [3.8, 4) is 5.75 Å². The minimum absolute atomic E-state index is 0.532. The molecule has 0 fully saturated rings. The summed E-state index contributed by atoms with van der Waals surface area (Å²) in [4.78, 5) is 0. The summed E-state index contributed by atoms with van der Waals surface area (Å²) >= 11 is 6.06. The van der Waals surface area contributed by atoms with Crippen molar-refractivity contribution >= 4 is 11.6 Å². The molecule has 3 heteroatoms. The van der Waals surface area contributed by atoms with Crippen LogP contribution in [0.4, 0.5) is 0 Å². The van der Waals surface area contributed by atoms with Crippen molar-refractivity contribution in [1.82, 2.24) is 0 Å². The van der Waals surface area contributed by atoms with Crippen LogP contribution in [0.5, 0.6) is 5.75 Å². The van der Waals surface area contributed by atoms with Crippen LogP contribution in [-0.2, 0) is 6.42 Å². The molecule has 0 heterocycles. The van der Waals surface area contributed by atoms with Crippen LogP contribution in [0.15, 0.2) is 48.5 Å². The molecular weight excluding hydrogens is 260 g/mol. The number of aliphatic hydroxyl groups is 1. The van der Waals surface area contributed by atoms with E-state index in [-0.39, 0.29) is 0 Å². The van der Waals surface area contributed by atoms with Crippen molar-refractivity contribution in [2.45, 2.75) is 18.9 Å². The third-order valence-electron chi connectivity index (χ3n) is 3.13. The van der Waals surface area contributed by atoms with Gasteiger partial charge in [0.15, 0.2) is 0 Å². The zero-order chi connectivity index (χ0) is 13.7. The zero-order valence-electron chi connectivity index (χ0n) is 10.8. The summed E-state index contributed by atoms with van der Waals surface area (Å²) in [6.07, 6.45) is 0.919. The van der Waals surface area contributed by atoms with Gasteiger partial charge < -0.3 is 9.84 Å². The number of benzene rings is 2. The van der Waals surface area contributed by atoms with Gasteiger partial charge in [-0.2, -0.15) is 0 Å². The van der Waals surface area contributed by atoms with Gasteiger partial charge in [-0.1, -0.05) is 41.9 Å². The summed E-state index contributed by atoms with van der Waals surface area (Å²) in [5, 5.41) is 10.8. The van der Waals surface area contributed by atoms with Gasteiger partial charge in [0.05, 0.1) is 13.2 Å². The third kappa shape index (κ3) is 3.72. The van der Waals surface area contributed by atoms with Crippen LogP contribution in [-0.4, -0.2) is 12.2 Å². The Morgan fingerprint density at radius 2 is 1.79 bits per heavy atom. The van der Waals surface area contributed by atoms with E-state index in [0.29, 0.717) is 11.4 Å². The van der Waals surface area contributed by atoms with Crippen molar-refractivity contribution in [2.75, 3.05) is 7.11 Å². The van der Waals surface area contributed by atoms with Gasteiger partial charge in [-0.3, -0.25) is 0 Å². The van der Waals surface area contributed by atoms with Gasteiger partial charge in [-0.05, 0) is 42.2 Å². The fraction of sp³-hybridized carbons (Fsp3) is 0.250. The number of rotatable bonds is 5. The monoisotopic (exact) mass is 276 g/mol. The first kappa shape index (κ1) is 13.9. The maximum Gasteiger partial charge on any atom is 0.118 e. The lowest BCUT2D eigenvalue weighted by molar-refractivity contribution is 0.168. The first-order valence-electron chi connectivity index (χ1n) is 6.26. The van der Waals surface area contributed by atoms with Crippen LogP contribution in [0, 0.1) is 0 Å². The Labute approximate surface area is 118 Å². The van der Waals surface area contributed by atoms with Gasteiger partial charge in [0.2, 0.25) is 0 Å². The normalized spacial score (nSPS) is 12.2. The largest absolute Gasteiger partial charge is 0.497 e. The number of ether oxygens (including phenoxy) is 1. The van der Waals surface area contributed by atoms with E-state index in [1.54, 1.807) is 13.2 Å². The topological polar surface area (TPSA) is 29.5 Å². The van der Waals surface area contributed by atoms with E-state index in [1.807, 2.05) is 42.5 Å². The Hall–Kier alpha value is -1.51. The van der Waals surface area contributed by atoms with Crippen molar-refractivity contribution in [1.29, 1.82) is 0 Å². The number of aryl methyl sites for hydroxylation is 1. The highest BCUT2D eigenvalue weighted by Gasteiger charge is 2.10. The lowest BCUT2D eigenvalue weighted by atomic mass is 10.0. The molecule has 19 heavy (non-hydrogen) atoms. The van der Waals surface area contributed by atoms with E-state index in [9.17, 15) is 5.11 Å². The Morgan fingerprint density at radius 1 is 1.11 bits per heavy atom. The second kappa shape index (κ2) is 6.60. The van der Waals surface area contributed by atoms with Crippen molar-refractivity contribution < 1.29 is 9.84 Å². The molecule has 2 aromatic carbocycles. The Kier molecular flexibility index (Phi) is 4.83. The van der Waals surface area contributed by atoms with Gasteiger partial charge in [-0.25, -0.2) is 0 Å². The maximum absolute atomic E-state index is 10.2.